The van der Waals surface area contributed by atoms with E-state index >= 15 is 0 Å². The van der Waals surface area contributed by atoms with Crippen LogP contribution in [0.2, 0.25) is 0 Å². The number of hydrogen-bond acceptors (Lipinski definition) is 7. The number of methoxy groups -OCH3 is 1. The molecule has 0 atom stereocenters. The number of benzene rings is 2. The molecule has 0 fully saturated rings. The summed E-state index contributed by atoms with van der Waals surface area (Å²) in [6.07, 6.45) is 3.96. The summed E-state index contributed by atoms with van der Waals surface area (Å²) in [6, 6.07) is 11.3. The molecular weight excluding hydrogens is 430 g/mol. The van der Waals surface area contributed by atoms with E-state index in [-0.39, 0.29) is 10.9 Å². The van der Waals surface area contributed by atoms with Gasteiger partial charge in [0.2, 0.25) is 10.4 Å². The molecular formula is C20H27NO7S2. The van der Waals surface area contributed by atoms with Crippen molar-refractivity contribution >= 4 is 33.1 Å². The molecule has 0 saturated carbocycles. The maximum absolute atomic E-state index is 12.4. The first-order valence-corrected chi connectivity index (χ1v) is 12.1. The molecule has 30 heavy (non-hydrogen) atoms. The average Bonchev–Trinajstić information content (AvgIpc) is 2.69. The van der Waals surface area contributed by atoms with Gasteiger partial charge in [0.15, 0.2) is 4.90 Å². The van der Waals surface area contributed by atoms with Crippen LogP contribution in [-0.4, -0.2) is 52.8 Å². The number of anilines is 1. The number of aryl methyl sites for hydroxylation is 2. The van der Waals surface area contributed by atoms with Gasteiger partial charge in [-0.25, -0.2) is 13.2 Å². The van der Waals surface area contributed by atoms with Gasteiger partial charge < -0.3 is 14.0 Å². The highest BCUT2D eigenvalue weighted by molar-refractivity contribution is 7.95. The molecule has 0 bridgehead atoms. The Morgan fingerprint density at radius 2 is 1.57 bits per heavy atom. The van der Waals surface area contributed by atoms with Gasteiger partial charge in [-0.1, -0.05) is 0 Å². The van der Waals surface area contributed by atoms with Crippen LogP contribution in [0.15, 0.2) is 41.3 Å². The van der Waals surface area contributed by atoms with E-state index in [4.69, 9.17) is 9.47 Å². The standard InChI is InChI=1S/C19H24NO3S.CH4O4S/c1-13-12-18(24(5)6)14(2)11-17(13)23-19(21)20(3)15-7-9-16(22-4)10-8-15;1-5-6(2,3)4/h7-12H,1-6H3;1H3,(H,2,3,4)/q+1;/p-1. The molecule has 10 heteroatoms. The Morgan fingerprint density at radius 3 is 2.00 bits per heavy atom. The van der Waals surface area contributed by atoms with Gasteiger partial charge in [-0.3, -0.25) is 9.08 Å². The molecule has 0 saturated heterocycles. The lowest BCUT2D eigenvalue weighted by Crippen LogP contribution is -2.29. The highest BCUT2D eigenvalue weighted by Gasteiger charge is 2.19. The second kappa shape index (κ2) is 11.2. The van der Waals surface area contributed by atoms with E-state index in [1.807, 2.05) is 44.2 Å². The number of hydrogen-bond donors (Lipinski definition) is 0. The Kier molecular flexibility index (Phi) is 9.63. The lowest BCUT2D eigenvalue weighted by molar-refractivity contribution is 0.208. The fourth-order valence-electron chi connectivity index (χ4n) is 2.39. The molecule has 0 unspecified atom stereocenters. The highest BCUT2D eigenvalue weighted by Crippen LogP contribution is 2.27. The summed E-state index contributed by atoms with van der Waals surface area (Å²) in [6.45, 7) is 4.01. The van der Waals surface area contributed by atoms with Crippen molar-refractivity contribution in [2.24, 2.45) is 0 Å². The Labute approximate surface area is 181 Å². The molecule has 0 heterocycles. The number of amides is 1. The third kappa shape index (κ3) is 7.86. The van der Waals surface area contributed by atoms with E-state index in [1.165, 1.54) is 9.80 Å². The van der Waals surface area contributed by atoms with Crippen molar-refractivity contribution in [2.75, 3.05) is 38.7 Å². The first-order valence-electron chi connectivity index (χ1n) is 8.69. The molecule has 0 spiro atoms. The van der Waals surface area contributed by atoms with E-state index in [1.54, 1.807) is 14.2 Å². The summed E-state index contributed by atoms with van der Waals surface area (Å²) in [7, 11) is -0.129. The highest BCUT2D eigenvalue weighted by atomic mass is 32.3. The summed E-state index contributed by atoms with van der Waals surface area (Å²) >= 11 is 0. The van der Waals surface area contributed by atoms with Gasteiger partial charge in [0, 0.05) is 35.3 Å². The monoisotopic (exact) mass is 457 g/mol. The quantitative estimate of drug-likeness (QED) is 0.385. The lowest BCUT2D eigenvalue weighted by Gasteiger charge is -2.18. The Bertz CT molecular complexity index is 958. The van der Waals surface area contributed by atoms with Crippen LogP contribution < -0.4 is 14.4 Å². The maximum Gasteiger partial charge on any atom is 0.419 e. The Balaban J connectivity index is 0.000000656. The van der Waals surface area contributed by atoms with Gasteiger partial charge in [-0.2, -0.15) is 0 Å². The van der Waals surface area contributed by atoms with Crippen LogP contribution >= 0.6 is 0 Å². The molecule has 8 nitrogen and oxygen atoms in total. The normalized spacial score (nSPS) is 10.8. The molecule has 0 radical (unpaired) electrons. The zero-order valence-electron chi connectivity index (χ0n) is 18.1. The summed E-state index contributed by atoms with van der Waals surface area (Å²) < 4.78 is 41.7. The fourth-order valence-corrected chi connectivity index (χ4v) is 3.50. The molecule has 0 aliphatic rings. The molecule has 0 aliphatic heterocycles. The minimum absolute atomic E-state index is 0.174. The summed E-state index contributed by atoms with van der Waals surface area (Å²) in [5.41, 5.74) is 2.85. The zero-order valence-corrected chi connectivity index (χ0v) is 19.7. The van der Waals surface area contributed by atoms with E-state index < -0.39 is 16.5 Å². The van der Waals surface area contributed by atoms with Crippen LogP contribution in [0.4, 0.5) is 10.5 Å². The first-order chi connectivity index (χ1) is 13.9. The fraction of sp³-hybridized carbons (Fsp3) is 0.350. The van der Waals surface area contributed by atoms with Crippen molar-refractivity contribution in [3.05, 3.63) is 47.5 Å². The minimum atomic E-state index is -4.41. The van der Waals surface area contributed by atoms with Crippen molar-refractivity contribution in [1.82, 2.24) is 0 Å². The molecule has 166 valence electrons. The largest absolute Gasteiger partial charge is 0.726 e. The topological polar surface area (TPSA) is 105 Å². The van der Waals surface area contributed by atoms with Gasteiger partial charge in [0.1, 0.15) is 24.0 Å². The van der Waals surface area contributed by atoms with Crippen molar-refractivity contribution in [3.8, 4) is 11.5 Å². The number of ether oxygens (including phenoxy) is 2. The van der Waals surface area contributed by atoms with Crippen molar-refractivity contribution in [3.63, 3.8) is 0 Å². The second-order valence-electron chi connectivity index (χ2n) is 6.40. The van der Waals surface area contributed by atoms with Crippen LogP contribution in [0.5, 0.6) is 11.5 Å². The molecule has 2 aromatic carbocycles. The van der Waals surface area contributed by atoms with E-state index in [9.17, 15) is 17.8 Å². The number of carbonyl (C=O) groups excluding carboxylic acids is 1. The predicted octanol–water partition coefficient (Wildman–Crippen LogP) is 3.28. The summed E-state index contributed by atoms with van der Waals surface area (Å²) in [4.78, 5) is 15.2. The maximum atomic E-state index is 12.4. The lowest BCUT2D eigenvalue weighted by atomic mass is 10.1. The van der Waals surface area contributed by atoms with Crippen LogP contribution in [0.3, 0.4) is 0 Å². The van der Waals surface area contributed by atoms with Crippen molar-refractivity contribution in [1.29, 1.82) is 0 Å². The van der Waals surface area contributed by atoms with Crippen LogP contribution in [0.1, 0.15) is 11.1 Å². The SMILES string of the molecule is COS(=O)(=O)[O-].COc1ccc(N(C)C(=O)Oc2cc(C)c([S+](C)C)cc2C)cc1. The molecule has 2 aromatic rings. The molecule has 2 rings (SSSR count). The van der Waals surface area contributed by atoms with Gasteiger partial charge in [0.05, 0.1) is 14.2 Å². The van der Waals surface area contributed by atoms with Crippen LogP contribution in [0, 0.1) is 13.8 Å². The number of carbonyl (C=O) groups is 1. The number of nitrogens with zero attached hydrogens (tertiary/aromatic N) is 1. The first kappa shape index (κ1) is 25.8. The average molecular weight is 458 g/mol. The van der Waals surface area contributed by atoms with E-state index in [0.29, 0.717) is 5.75 Å². The molecule has 0 aliphatic carbocycles. The summed E-state index contributed by atoms with van der Waals surface area (Å²) in [5.74, 6) is 1.35. The van der Waals surface area contributed by atoms with E-state index in [0.717, 1.165) is 29.7 Å². The van der Waals surface area contributed by atoms with Crippen LogP contribution in [-0.2, 0) is 25.5 Å². The predicted molar refractivity (Wildman–Crippen MR) is 118 cm³/mol. The van der Waals surface area contributed by atoms with Crippen LogP contribution in [0.25, 0.3) is 0 Å². The molecule has 1 amide bonds. The van der Waals surface area contributed by atoms with Gasteiger partial charge in [0.25, 0.3) is 0 Å². The third-order valence-corrected chi connectivity index (χ3v) is 5.78. The van der Waals surface area contributed by atoms with Gasteiger partial charge in [-0.05, 0) is 49.7 Å². The minimum Gasteiger partial charge on any atom is -0.726 e. The zero-order chi connectivity index (χ0) is 23.1. The third-order valence-electron chi connectivity index (χ3n) is 4.05. The number of rotatable bonds is 5. The van der Waals surface area contributed by atoms with Gasteiger partial charge in [-0.15, -0.1) is 0 Å². The van der Waals surface area contributed by atoms with E-state index in [2.05, 4.69) is 22.8 Å². The summed E-state index contributed by atoms with van der Waals surface area (Å²) in [5, 5.41) is 0. The smallest absolute Gasteiger partial charge is 0.419 e. The van der Waals surface area contributed by atoms with Gasteiger partial charge >= 0.3 is 6.09 Å². The molecule has 0 N–H and O–H groups in total. The Morgan fingerprint density at radius 1 is 1.03 bits per heavy atom. The van der Waals surface area contributed by atoms with Crippen molar-refractivity contribution in [2.45, 2.75) is 18.7 Å². The Hall–Kier alpha value is -2.27. The van der Waals surface area contributed by atoms with Crippen molar-refractivity contribution < 1.29 is 31.4 Å². The second-order valence-corrected chi connectivity index (χ2v) is 9.62. The molecule has 0 aromatic heterocycles.